The Labute approximate surface area is 93.5 Å². The van der Waals surface area contributed by atoms with Gasteiger partial charge in [0, 0.05) is 18.7 Å². The molecule has 1 aliphatic rings. The number of hydrogen-bond donors (Lipinski definition) is 1. The van der Waals surface area contributed by atoms with E-state index in [-0.39, 0.29) is 0 Å². The molecule has 3 rings (SSSR count). The van der Waals surface area contributed by atoms with Crippen molar-refractivity contribution in [2.45, 2.75) is 13.0 Å². The highest BCUT2D eigenvalue weighted by Gasteiger charge is 2.14. The Bertz CT molecular complexity index is 491. The van der Waals surface area contributed by atoms with Gasteiger partial charge in [-0.2, -0.15) is 0 Å². The fraction of sp³-hybridized carbons (Fsp3) is 0.364. The third kappa shape index (κ3) is 1.59. The first-order chi connectivity index (χ1) is 7.83. The molecule has 0 aliphatic carbocycles. The van der Waals surface area contributed by atoms with Crippen LogP contribution in [-0.2, 0) is 13.0 Å². The second-order valence-electron chi connectivity index (χ2n) is 4.22. The lowest BCUT2D eigenvalue weighted by molar-refractivity contribution is 0.313. The molecule has 0 saturated carbocycles. The van der Waals surface area contributed by atoms with Crippen molar-refractivity contribution in [3.63, 3.8) is 0 Å². The highest BCUT2D eigenvalue weighted by Crippen LogP contribution is 2.23. The molecule has 5 heteroatoms. The maximum Gasteiger partial charge on any atom is 0.179 e. The van der Waals surface area contributed by atoms with Gasteiger partial charge in [-0.3, -0.25) is 0 Å². The summed E-state index contributed by atoms with van der Waals surface area (Å²) >= 11 is 0. The number of aromatic amines is 1. The van der Waals surface area contributed by atoms with Crippen LogP contribution in [0, 0.1) is 0 Å². The fourth-order valence-electron chi connectivity index (χ4n) is 2.12. The van der Waals surface area contributed by atoms with Crippen LogP contribution in [0.1, 0.15) is 11.1 Å². The van der Waals surface area contributed by atoms with E-state index in [2.05, 4.69) is 50.8 Å². The van der Waals surface area contributed by atoms with Crippen LogP contribution in [0.3, 0.4) is 0 Å². The first-order valence-corrected chi connectivity index (χ1v) is 5.37. The molecule has 82 valence electrons. The molecule has 1 N–H and O–H groups in total. The number of benzene rings is 1. The molecular weight excluding hydrogens is 202 g/mol. The van der Waals surface area contributed by atoms with Gasteiger partial charge in [0.05, 0.1) is 0 Å². The Hall–Kier alpha value is -1.75. The average molecular weight is 215 g/mol. The van der Waals surface area contributed by atoms with Crippen LogP contribution in [0.15, 0.2) is 18.2 Å². The number of likely N-dealkylation sites (N-methyl/N-ethyl adjacent to an activating group) is 1. The van der Waals surface area contributed by atoms with Gasteiger partial charge in [-0.1, -0.05) is 12.1 Å². The van der Waals surface area contributed by atoms with Crippen LogP contribution >= 0.6 is 0 Å². The van der Waals surface area contributed by atoms with Gasteiger partial charge in [-0.25, -0.2) is 5.10 Å². The smallest absolute Gasteiger partial charge is 0.179 e. The van der Waals surface area contributed by atoms with E-state index in [1.807, 2.05) is 0 Å². The predicted octanol–water partition coefficient (Wildman–Crippen LogP) is 0.855. The minimum Gasteiger partial charge on any atom is -0.302 e. The molecule has 5 nitrogen and oxygen atoms in total. The molecule has 0 atom stereocenters. The zero-order valence-electron chi connectivity index (χ0n) is 9.14. The first-order valence-electron chi connectivity index (χ1n) is 5.37. The van der Waals surface area contributed by atoms with Gasteiger partial charge in [0.1, 0.15) is 0 Å². The fourth-order valence-corrected chi connectivity index (χ4v) is 2.12. The molecule has 16 heavy (non-hydrogen) atoms. The minimum atomic E-state index is 0.738. The molecule has 1 aromatic carbocycles. The molecule has 1 aromatic heterocycles. The summed E-state index contributed by atoms with van der Waals surface area (Å²) < 4.78 is 0. The normalized spacial score (nSPS) is 16.1. The molecule has 1 aliphatic heterocycles. The second-order valence-corrected chi connectivity index (χ2v) is 4.22. The number of fused-ring (bicyclic) bond motifs is 1. The van der Waals surface area contributed by atoms with E-state index in [4.69, 9.17) is 0 Å². The molecule has 2 heterocycles. The zero-order valence-corrected chi connectivity index (χ0v) is 9.14. The highest BCUT2D eigenvalue weighted by molar-refractivity contribution is 5.56. The van der Waals surface area contributed by atoms with Crippen LogP contribution < -0.4 is 0 Å². The van der Waals surface area contributed by atoms with Gasteiger partial charge in [0.15, 0.2) is 5.82 Å². The van der Waals surface area contributed by atoms with E-state index in [1.165, 1.54) is 11.1 Å². The molecule has 0 saturated heterocycles. The molecule has 0 unspecified atom stereocenters. The Morgan fingerprint density at radius 3 is 3.06 bits per heavy atom. The summed E-state index contributed by atoms with van der Waals surface area (Å²) in [5.41, 5.74) is 3.88. The number of tetrazole rings is 1. The number of aromatic nitrogens is 4. The Balaban J connectivity index is 2.00. The molecular formula is C11H13N5. The Morgan fingerprint density at radius 1 is 1.31 bits per heavy atom. The number of hydrogen-bond acceptors (Lipinski definition) is 4. The third-order valence-corrected chi connectivity index (χ3v) is 3.03. The van der Waals surface area contributed by atoms with E-state index in [0.29, 0.717) is 0 Å². The number of nitrogens with zero attached hydrogens (tertiary/aromatic N) is 4. The van der Waals surface area contributed by atoms with Crippen molar-refractivity contribution in [2.75, 3.05) is 13.6 Å². The molecule has 0 spiro atoms. The predicted molar refractivity (Wildman–Crippen MR) is 59.7 cm³/mol. The van der Waals surface area contributed by atoms with Crippen molar-refractivity contribution in [3.8, 4) is 11.4 Å². The summed E-state index contributed by atoms with van der Waals surface area (Å²) in [5, 5.41) is 13.9. The van der Waals surface area contributed by atoms with Crippen molar-refractivity contribution < 1.29 is 0 Å². The summed E-state index contributed by atoms with van der Waals surface area (Å²) in [6, 6.07) is 6.42. The van der Waals surface area contributed by atoms with Gasteiger partial charge in [0.2, 0.25) is 0 Å². The Morgan fingerprint density at radius 2 is 2.25 bits per heavy atom. The van der Waals surface area contributed by atoms with Gasteiger partial charge in [0.25, 0.3) is 0 Å². The first kappa shape index (κ1) is 9.47. The lowest BCUT2D eigenvalue weighted by Gasteiger charge is -2.25. The quantitative estimate of drug-likeness (QED) is 0.766. The number of nitrogens with one attached hydrogen (secondary N) is 1. The summed E-state index contributed by atoms with van der Waals surface area (Å²) in [6.07, 6.45) is 1.10. The van der Waals surface area contributed by atoms with Crippen molar-refractivity contribution in [1.29, 1.82) is 0 Å². The van der Waals surface area contributed by atoms with Crippen LogP contribution in [0.4, 0.5) is 0 Å². The maximum atomic E-state index is 3.92. The summed E-state index contributed by atoms with van der Waals surface area (Å²) in [5.74, 6) is 0.738. The van der Waals surface area contributed by atoms with Gasteiger partial charge >= 0.3 is 0 Å². The SMILES string of the molecule is CN1CCc2cc(-c3nnn[nH]3)ccc2C1. The van der Waals surface area contributed by atoms with Crippen molar-refractivity contribution in [3.05, 3.63) is 29.3 Å². The standard InChI is InChI=1S/C11H13N5/c1-16-5-4-8-6-9(2-3-10(8)7-16)11-12-14-15-13-11/h2-3,6H,4-5,7H2,1H3,(H,12,13,14,15). The molecule has 0 bridgehead atoms. The van der Waals surface area contributed by atoms with Crippen molar-refractivity contribution in [2.24, 2.45) is 0 Å². The number of rotatable bonds is 1. The van der Waals surface area contributed by atoms with Gasteiger partial charge in [-0.05, 0) is 41.1 Å². The lowest BCUT2D eigenvalue weighted by Crippen LogP contribution is -2.26. The maximum absolute atomic E-state index is 3.92. The van der Waals surface area contributed by atoms with Gasteiger partial charge in [-0.15, -0.1) is 5.10 Å². The van der Waals surface area contributed by atoms with Crippen LogP contribution in [0.5, 0.6) is 0 Å². The van der Waals surface area contributed by atoms with Crippen LogP contribution in [0.2, 0.25) is 0 Å². The molecule has 0 amide bonds. The van der Waals surface area contributed by atoms with Crippen LogP contribution in [-0.4, -0.2) is 39.1 Å². The zero-order chi connectivity index (χ0) is 11.0. The Kier molecular flexibility index (Phi) is 2.18. The summed E-state index contributed by atoms with van der Waals surface area (Å²) in [7, 11) is 2.15. The van der Waals surface area contributed by atoms with E-state index in [1.54, 1.807) is 0 Å². The van der Waals surface area contributed by atoms with E-state index < -0.39 is 0 Å². The average Bonchev–Trinajstić information content (AvgIpc) is 2.82. The lowest BCUT2D eigenvalue weighted by atomic mass is 9.97. The minimum absolute atomic E-state index is 0.738. The van der Waals surface area contributed by atoms with E-state index in [0.717, 1.165) is 30.9 Å². The molecule has 2 aromatic rings. The summed E-state index contributed by atoms with van der Waals surface area (Å²) in [4.78, 5) is 2.33. The van der Waals surface area contributed by atoms with Crippen molar-refractivity contribution >= 4 is 0 Å². The second kappa shape index (κ2) is 3.68. The van der Waals surface area contributed by atoms with Gasteiger partial charge < -0.3 is 4.90 Å². The third-order valence-electron chi connectivity index (χ3n) is 3.03. The van der Waals surface area contributed by atoms with Crippen LogP contribution in [0.25, 0.3) is 11.4 Å². The topological polar surface area (TPSA) is 57.7 Å². The molecule has 0 fully saturated rings. The highest BCUT2D eigenvalue weighted by atomic mass is 15.5. The number of H-pyrrole nitrogens is 1. The molecule has 0 radical (unpaired) electrons. The van der Waals surface area contributed by atoms with E-state index >= 15 is 0 Å². The van der Waals surface area contributed by atoms with Crippen molar-refractivity contribution in [1.82, 2.24) is 25.5 Å². The van der Waals surface area contributed by atoms with E-state index in [9.17, 15) is 0 Å². The monoisotopic (exact) mass is 215 g/mol. The summed E-state index contributed by atoms with van der Waals surface area (Å²) in [6.45, 7) is 2.15. The largest absolute Gasteiger partial charge is 0.302 e.